The van der Waals surface area contributed by atoms with Crippen LogP contribution in [0.3, 0.4) is 0 Å². The lowest BCUT2D eigenvalue weighted by molar-refractivity contribution is 0.103. The second kappa shape index (κ2) is 6.35. The third kappa shape index (κ3) is 3.12. The predicted molar refractivity (Wildman–Crippen MR) is 85.5 cm³/mol. The monoisotopic (exact) mass is 290 g/mol. The van der Waals surface area contributed by atoms with Crippen molar-refractivity contribution >= 4 is 5.78 Å². The molecule has 2 heteroatoms. The molecule has 0 saturated heterocycles. The summed E-state index contributed by atoms with van der Waals surface area (Å²) in [4.78, 5) is 12.6. The maximum absolute atomic E-state index is 13.3. The van der Waals surface area contributed by atoms with E-state index < -0.39 is 5.82 Å². The number of halogens is 1. The molecule has 3 aromatic carbocycles. The molecule has 0 aliphatic heterocycles. The zero-order valence-electron chi connectivity index (χ0n) is 12.0. The van der Waals surface area contributed by atoms with Crippen molar-refractivity contribution in [1.82, 2.24) is 0 Å². The summed E-state index contributed by atoms with van der Waals surface area (Å²) in [6.45, 7) is 0. The van der Waals surface area contributed by atoms with Crippen LogP contribution in [0.15, 0.2) is 78.9 Å². The van der Waals surface area contributed by atoms with Gasteiger partial charge in [0.05, 0.1) is 0 Å². The first-order chi connectivity index (χ1) is 10.7. The standard InChI is InChI=1S/C20H15FO/c21-18-11-6-10-17(14-18)20(22)19-12-5-4-9-16(19)13-15-7-2-1-3-8-15/h1-12,14H,13H2. The number of ketones is 1. The molecule has 0 bridgehead atoms. The number of hydrogen-bond donors (Lipinski definition) is 0. The molecule has 0 unspecified atom stereocenters. The molecule has 3 aromatic rings. The van der Waals surface area contributed by atoms with Crippen LogP contribution in [-0.2, 0) is 6.42 Å². The van der Waals surface area contributed by atoms with Gasteiger partial charge in [0.1, 0.15) is 5.82 Å². The lowest BCUT2D eigenvalue weighted by Gasteiger charge is -2.09. The number of carbonyl (C=O) groups is 1. The Hall–Kier alpha value is -2.74. The van der Waals surface area contributed by atoms with Crippen LogP contribution in [0.5, 0.6) is 0 Å². The van der Waals surface area contributed by atoms with E-state index in [0.29, 0.717) is 17.5 Å². The van der Waals surface area contributed by atoms with Gasteiger partial charge in [-0.3, -0.25) is 4.79 Å². The van der Waals surface area contributed by atoms with Crippen LogP contribution in [0.2, 0.25) is 0 Å². The molecule has 0 N–H and O–H groups in total. The fraction of sp³-hybridized carbons (Fsp3) is 0.0500. The largest absolute Gasteiger partial charge is 0.289 e. The van der Waals surface area contributed by atoms with Crippen LogP contribution in [0, 0.1) is 5.82 Å². The van der Waals surface area contributed by atoms with Crippen LogP contribution in [-0.4, -0.2) is 5.78 Å². The summed E-state index contributed by atoms with van der Waals surface area (Å²) in [5.41, 5.74) is 3.09. The van der Waals surface area contributed by atoms with Crippen LogP contribution in [0.25, 0.3) is 0 Å². The molecule has 0 amide bonds. The van der Waals surface area contributed by atoms with Gasteiger partial charge in [-0.2, -0.15) is 0 Å². The molecular formula is C20H15FO. The zero-order valence-corrected chi connectivity index (χ0v) is 12.0. The van der Waals surface area contributed by atoms with Gasteiger partial charge in [0.2, 0.25) is 0 Å². The van der Waals surface area contributed by atoms with Gasteiger partial charge in [-0.25, -0.2) is 4.39 Å². The van der Waals surface area contributed by atoms with Crippen molar-refractivity contribution in [3.8, 4) is 0 Å². The summed E-state index contributed by atoms with van der Waals surface area (Å²) in [5, 5.41) is 0. The van der Waals surface area contributed by atoms with E-state index >= 15 is 0 Å². The number of hydrogen-bond acceptors (Lipinski definition) is 1. The minimum absolute atomic E-state index is 0.147. The van der Waals surface area contributed by atoms with Crippen molar-refractivity contribution in [2.45, 2.75) is 6.42 Å². The smallest absolute Gasteiger partial charge is 0.193 e. The SMILES string of the molecule is O=C(c1cccc(F)c1)c1ccccc1Cc1ccccc1. The van der Waals surface area contributed by atoms with E-state index in [-0.39, 0.29) is 5.78 Å². The molecule has 22 heavy (non-hydrogen) atoms. The third-order valence-electron chi connectivity index (χ3n) is 3.59. The fourth-order valence-electron chi connectivity index (χ4n) is 2.50. The second-order valence-electron chi connectivity index (χ2n) is 5.16. The van der Waals surface area contributed by atoms with Gasteiger partial charge in [-0.05, 0) is 29.7 Å². The first kappa shape index (κ1) is 14.2. The Bertz CT molecular complexity index is 794. The second-order valence-corrected chi connectivity index (χ2v) is 5.16. The molecule has 3 rings (SSSR count). The Balaban J connectivity index is 1.96. The number of benzene rings is 3. The molecule has 0 spiro atoms. The maximum Gasteiger partial charge on any atom is 0.193 e. The zero-order chi connectivity index (χ0) is 15.4. The normalized spacial score (nSPS) is 10.4. The Kier molecular flexibility index (Phi) is 4.10. The highest BCUT2D eigenvalue weighted by Crippen LogP contribution is 2.18. The number of rotatable bonds is 4. The summed E-state index contributed by atoms with van der Waals surface area (Å²) in [5.74, 6) is -0.544. The Morgan fingerprint density at radius 2 is 1.55 bits per heavy atom. The van der Waals surface area contributed by atoms with Gasteiger partial charge in [0.15, 0.2) is 5.78 Å². The molecule has 0 aromatic heterocycles. The van der Waals surface area contributed by atoms with Gasteiger partial charge < -0.3 is 0 Å². The number of carbonyl (C=O) groups excluding carboxylic acids is 1. The lowest BCUT2D eigenvalue weighted by Crippen LogP contribution is -2.06. The molecule has 0 atom stereocenters. The van der Waals surface area contributed by atoms with Gasteiger partial charge in [-0.15, -0.1) is 0 Å². The Morgan fingerprint density at radius 3 is 2.32 bits per heavy atom. The minimum Gasteiger partial charge on any atom is -0.289 e. The summed E-state index contributed by atoms with van der Waals surface area (Å²) in [6.07, 6.45) is 0.679. The highest BCUT2D eigenvalue weighted by atomic mass is 19.1. The van der Waals surface area contributed by atoms with Gasteiger partial charge in [0, 0.05) is 11.1 Å². The third-order valence-corrected chi connectivity index (χ3v) is 3.59. The maximum atomic E-state index is 13.3. The highest BCUT2D eigenvalue weighted by molar-refractivity contribution is 6.09. The Labute approximate surface area is 129 Å². The molecule has 0 heterocycles. The molecule has 0 aliphatic carbocycles. The van der Waals surface area contributed by atoms with E-state index in [0.717, 1.165) is 11.1 Å². The van der Waals surface area contributed by atoms with Crippen molar-refractivity contribution in [3.05, 3.63) is 107 Å². The van der Waals surface area contributed by atoms with Crippen LogP contribution >= 0.6 is 0 Å². The van der Waals surface area contributed by atoms with Gasteiger partial charge >= 0.3 is 0 Å². The highest BCUT2D eigenvalue weighted by Gasteiger charge is 2.14. The van der Waals surface area contributed by atoms with Crippen LogP contribution in [0.1, 0.15) is 27.0 Å². The van der Waals surface area contributed by atoms with Crippen molar-refractivity contribution in [2.75, 3.05) is 0 Å². The van der Waals surface area contributed by atoms with Crippen LogP contribution < -0.4 is 0 Å². The molecule has 108 valence electrons. The van der Waals surface area contributed by atoms with E-state index in [9.17, 15) is 9.18 Å². The van der Waals surface area contributed by atoms with Crippen molar-refractivity contribution in [3.63, 3.8) is 0 Å². The van der Waals surface area contributed by atoms with E-state index in [2.05, 4.69) is 0 Å². The molecule has 0 fully saturated rings. The van der Waals surface area contributed by atoms with Gasteiger partial charge in [-0.1, -0.05) is 66.7 Å². The molecule has 0 radical (unpaired) electrons. The summed E-state index contributed by atoms with van der Waals surface area (Å²) < 4.78 is 13.3. The van der Waals surface area contributed by atoms with Crippen molar-refractivity contribution < 1.29 is 9.18 Å². The first-order valence-electron chi connectivity index (χ1n) is 7.16. The van der Waals surface area contributed by atoms with Crippen molar-refractivity contribution in [2.24, 2.45) is 0 Å². The average Bonchev–Trinajstić information content (AvgIpc) is 2.56. The van der Waals surface area contributed by atoms with E-state index in [1.165, 1.54) is 12.1 Å². The molecule has 0 saturated carbocycles. The van der Waals surface area contributed by atoms with Crippen LogP contribution in [0.4, 0.5) is 4.39 Å². The summed E-state index contributed by atoms with van der Waals surface area (Å²) >= 11 is 0. The van der Waals surface area contributed by atoms with E-state index in [1.54, 1.807) is 18.2 Å². The lowest BCUT2D eigenvalue weighted by atomic mass is 9.94. The summed E-state index contributed by atoms with van der Waals surface area (Å²) in [6, 6.07) is 23.3. The van der Waals surface area contributed by atoms with E-state index in [4.69, 9.17) is 0 Å². The topological polar surface area (TPSA) is 17.1 Å². The average molecular weight is 290 g/mol. The van der Waals surface area contributed by atoms with Gasteiger partial charge in [0.25, 0.3) is 0 Å². The predicted octanol–water partition coefficient (Wildman–Crippen LogP) is 4.65. The molecular weight excluding hydrogens is 275 g/mol. The first-order valence-corrected chi connectivity index (χ1v) is 7.16. The molecule has 1 nitrogen and oxygen atoms in total. The minimum atomic E-state index is -0.397. The molecule has 0 aliphatic rings. The van der Waals surface area contributed by atoms with Crippen molar-refractivity contribution in [1.29, 1.82) is 0 Å². The Morgan fingerprint density at radius 1 is 0.818 bits per heavy atom. The summed E-state index contributed by atoms with van der Waals surface area (Å²) in [7, 11) is 0. The fourth-order valence-corrected chi connectivity index (χ4v) is 2.50. The van der Waals surface area contributed by atoms with E-state index in [1.807, 2.05) is 48.5 Å². The quantitative estimate of drug-likeness (QED) is 0.639.